The van der Waals surface area contributed by atoms with Crippen LogP contribution in [-0.2, 0) is 17.7 Å². The monoisotopic (exact) mass is 353 g/mol. The Labute approximate surface area is 155 Å². The fourth-order valence-electron chi connectivity index (χ4n) is 3.57. The lowest BCUT2D eigenvalue weighted by molar-refractivity contribution is 0.0526. The molecule has 0 bridgehead atoms. The van der Waals surface area contributed by atoms with Gasteiger partial charge in [0.15, 0.2) is 0 Å². The first-order chi connectivity index (χ1) is 12.8. The first kappa shape index (κ1) is 18.4. The highest BCUT2D eigenvalue weighted by Crippen LogP contribution is 2.30. The number of esters is 1. The maximum Gasteiger partial charge on any atom is 0.338 e. The fraction of sp³-hybridized carbons (Fsp3) is 0.476. The van der Waals surface area contributed by atoms with Gasteiger partial charge in [-0.2, -0.15) is 0 Å². The normalized spacial score (nSPS) is 14.8. The lowest BCUT2D eigenvalue weighted by Crippen LogP contribution is -2.13. The number of hydrogen-bond donors (Lipinski definition) is 1. The molecule has 0 unspecified atom stereocenters. The average Bonchev–Trinajstić information content (AvgIpc) is 2.69. The molecule has 1 aliphatic rings. The van der Waals surface area contributed by atoms with Crippen molar-refractivity contribution >= 4 is 11.7 Å². The molecule has 2 aromatic rings. The summed E-state index contributed by atoms with van der Waals surface area (Å²) in [4.78, 5) is 20.3. The molecule has 0 radical (unpaired) electrons. The second-order valence-electron chi connectivity index (χ2n) is 6.85. The SMILES string of the molecule is CCOC(=O)c1ccc(CC2CCCCC2)c(NCc2ccncn2)c1. The number of hydrogen-bond acceptors (Lipinski definition) is 5. The summed E-state index contributed by atoms with van der Waals surface area (Å²) in [6.45, 7) is 2.81. The van der Waals surface area contributed by atoms with Crippen molar-refractivity contribution in [3.63, 3.8) is 0 Å². The molecule has 26 heavy (non-hydrogen) atoms. The molecule has 1 aromatic carbocycles. The molecule has 138 valence electrons. The molecule has 1 saturated carbocycles. The van der Waals surface area contributed by atoms with Crippen molar-refractivity contribution < 1.29 is 9.53 Å². The smallest absolute Gasteiger partial charge is 0.338 e. The molecule has 5 heteroatoms. The lowest BCUT2D eigenvalue weighted by atomic mass is 9.84. The van der Waals surface area contributed by atoms with Crippen LogP contribution in [0.1, 0.15) is 60.6 Å². The number of rotatable bonds is 7. The van der Waals surface area contributed by atoms with Crippen molar-refractivity contribution in [2.75, 3.05) is 11.9 Å². The Morgan fingerprint density at radius 3 is 2.81 bits per heavy atom. The molecule has 0 atom stereocenters. The van der Waals surface area contributed by atoms with E-state index in [1.54, 1.807) is 12.5 Å². The van der Waals surface area contributed by atoms with Gasteiger partial charge in [-0.3, -0.25) is 0 Å². The minimum absolute atomic E-state index is 0.276. The summed E-state index contributed by atoms with van der Waals surface area (Å²) in [5.74, 6) is 0.457. The van der Waals surface area contributed by atoms with E-state index in [2.05, 4.69) is 21.4 Å². The third-order valence-corrected chi connectivity index (χ3v) is 4.96. The molecule has 1 aromatic heterocycles. The number of anilines is 1. The van der Waals surface area contributed by atoms with Gasteiger partial charge in [-0.1, -0.05) is 38.2 Å². The molecule has 3 rings (SSSR count). The lowest BCUT2D eigenvalue weighted by Gasteiger charge is -2.23. The minimum atomic E-state index is -0.276. The van der Waals surface area contributed by atoms with Crippen LogP contribution < -0.4 is 5.32 Å². The summed E-state index contributed by atoms with van der Waals surface area (Å²) >= 11 is 0. The second-order valence-corrected chi connectivity index (χ2v) is 6.85. The Balaban J connectivity index is 1.78. The second kappa shape index (κ2) is 9.32. The first-order valence-electron chi connectivity index (χ1n) is 9.55. The molecule has 0 saturated heterocycles. The van der Waals surface area contributed by atoms with E-state index >= 15 is 0 Å². The molecule has 1 fully saturated rings. The largest absolute Gasteiger partial charge is 0.462 e. The number of benzene rings is 1. The van der Waals surface area contributed by atoms with E-state index < -0.39 is 0 Å². The predicted molar refractivity (Wildman–Crippen MR) is 102 cm³/mol. The van der Waals surface area contributed by atoms with E-state index in [1.807, 2.05) is 25.1 Å². The van der Waals surface area contributed by atoms with Gasteiger partial charge in [0.2, 0.25) is 0 Å². The highest BCUT2D eigenvalue weighted by atomic mass is 16.5. The molecule has 5 nitrogen and oxygen atoms in total. The van der Waals surface area contributed by atoms with Crippen LogP contribution in [0.15, 0.2) is 36.8 Å². The van der Waals surface area contributed by atoms with Crippen LogP contribution in [0.3, 0.4) is 0 Å². The van der Waals surface area contributed by atoms with Crippen molar-refractivity contribution in [1.29, 1.82) is 0 Å². The van der Waals surface area contributed by atoms with Crippen molar-refractivity contribution in [2.24, 2.45) is 5.92 Å². The number of nitrogens with one attached hydrogen (secondary N) is 1. The van der Waals surface area contributed by atoms with Gasteiger partial charge in [0, 0.05) is 11.9 Å². The summed E-state index contributed by atoms with van der Waals surface area (Å²) in [6.07, 6.45) is 10.9. The zero-order valence-electron chi connectivity index (χ0n) is 15.4. The molecule has 0 amide bonds. The van der Waals surface area contributed by atoms with E-state index in [1.165, 1.54) is 37.7 Å². The minimum Gasteiger partial charge on any atom is -0.462 e. The zero-order valence-corrected chi connectivity index (χ0v) is 15.4. The highest BCUT2D eigenvalue weighted by molar-refractivity contribution is 5.90. The molecular weight excluding hydrogens is 326 g/mol. The topological polar surface area (TPSA) is 64.1 Å². The standard InChI is InChI=1S/C21H27N3O2/c1-2-26-21(25)18-9-8-17(12-16-6-4-3-5-7-16)20(13-18)23-14-19-10-11-22-15-24-19/h8-11,13,15-16,23H,2-7,12,14H2,1H3. The molecule has 1 N–H and O–H groups in total. The van der Waals surface area contributed by atoms with Crippen LogP contribution >= 0.6 is 0 Å². The van der Waals surface area contributed by atoms with Crippen molar-refractivity contribution in [3.05, 3.63) is 53.6 Å². The number of aromatic nitrogens is 2. The van der Waals surface area contributed by atoms with Gasteiger partial charge in [-0.05, 0) is 43.0 Å². The molecule has 0 aliphatic heterocycles. The van der Waals surface area contributed by atoms with Crippen LogP contribution in [0.25, 0.3) is 0 Å². The van der Waals surface area contributed by atoms with Crippen LogP contribution in [0.4, 0.5) is 5.69 Å². The van der Waals surface area contributed by atoms with Crippen LogP contribution in [0, 0.1) is 5.92 Å². The number of nitrogens with zero attached hydrogens (tertiary/aromatic N) is 2. The Hall–Kier alpha value is -2.43. The number of carbonyl (C=O) groups excluding carboxylic acids is 1. The van der Waals surface area contributed by atoms with E-state index in [0.717, 1.165) is 23.7 Å². The average molecular weight is 353 g/mol. The third kappa shape index (κ3) is 5.04. The molecule has 0 spiro atoms. The van der Waals surface area contributed by atoms with Crippen molar-refractivity contribution in [2.45, 2.75) is 52.0 Å². The van der Waals surface area contributed by atoms with Gasteiger partial charge in [-0.15, -0.1) is 0 Å². The quantitative estimate of drug-likeness (QED) is 0.748. The predicted octanol–water partition coefficient (Wildman–Crippen LogP) is 4.39. The van der Waals surface area contributed by atoms with E-state index in [-0.39, 0.29) is 5.97 Å². The first-order valence-corrected chi connectivity index (χ1v) is 9.55. The number of ether oxygens (including phenoxy) is 1. The van der Waals surface area contributed by atoms with Crippen LogP contribution in [0.5, 0.6) is 0 Å². The Bertz CT molecular complexity index is 712. The number of carbonyl (C=O) groups is 1. The van der Waals surface area contributed by atoms with Crippen LogP contribution in [-0.4, -0.2) is 22.5 Å². The van der Waals surface area contributed by atoms with Gasteiger partial charge in [0.05, 0.1) is 24.4 Å². The van der Waals surface area contributed by atoms with E-state index in [0.29, 0.717) is 18.7 Å². The maximum absolute atomic E-state index is 12.1. The van der Waals surface area contributed by atoms with Gasteiger partial charge < -0.3 is 10.1 Å². The van der Waals surface area contributed by atoms with E-state index in [9.17, 15) is 4.79 Å². The van der Waals surface area contributed by atoms with Gasteiger partial charge >= 0.3 is 5.97 Å². The fourth-order valence-corrected chi connectivity index (χ4v) is 3.57. The molecule has 1 aliphatic carbocycles. The van der Waals surface area contributed by atoms with E-state index in [4.69, 9.17) is 4.74 Å². The van der Waals surface area contributed by atoms with Crippen molar-refractivity contribution in [3.8, 4) is 0 Å². The molecular formula is C21H27N3O2. The summed E-state index contributed by atoms with van der Waals surface area (Å²) in [5.41, 5.74) is 3.77. The summed E-state index contributed by atoms with van der Waals surface area (Å²) in [5, 5.41) is 3.46. The van der Waals surface area contributed by atoms with Gasteiger partial charge in [-0.25, -0.2) is 14.8 Å². The Kier molecular flexibility index (Phi) is 6.58. The van der Waals surface area contributed by atoms with Gasteiger partial charge in [0.1, 0.15) is 6.33 Å². The van der Waals surface area contributed by atoms with Gasteiger partial charge in [0.25, 0.3) is 0 Å². The molecule has 1 heterocycles. The zero-order chi connectivity index (χ0) is 18.2. The third-order valence-electron chi connectivity index (χ3n) is 4.96. The Morgan fingerprint density at radius 1 is 1.23 bits per heavy atom. The van der Waals surface area contributed by atoms with Crippen molar-refractivity contribution in [1.82, 2.24) is 9.97 Å². The highest BCUT2D eigenvalue weighted by Gasteiger charge is 2.17. The maximum atomic E-state index is 12.1. The van der Waals surface area contributed by atoms with Crippen LogP contribution in [0.2, 0.25) is 0 Å². The summed E-state index contributed by atoms with van der Waals surface area (Å²) < 4.78 is 5.15. The summed E-state index contributed by atoms with van der Waals surface area (Å²) in [7, 11) is 0. The summed E-state index contributed by atoms with van der Waals surface area (Å²) in [6, 6.07) is 7.76. The Morgan fingerprint density at radius 2 is 2.08 bits per heavy atom.